The Labute approximate surface area is 60.5 Å². The van der Waals surface area contributed by atoms with Gasteiger partial charge < -0.3 is 0 Å². The van der Waals surface area contributed by atoms with Crippen LogP contribution in [0.3, 0.4) is 0 Å². The first-order chi connectivity index (χ1) is 4.33. The summed E-state index contributed by atoms with van der Waals surface area (Å²) in [6.07, 6.45) is 3.00. The second kappa shape index (κ2) is 2.88. The molecule has 0 N–H and O–H groups in total. The molecule has 1 heteroatoms. The van der Waals surface area contributed by atoms with Crippen LogP contribution in [-0.4, -0.2) is 0 Å². The summed E-state index contributed by atoms with van der Waals surface area (Å²) in [5.74, 6) is 0. The molecule has 0 bridgehead atoms. The number of halogens is 1. The largest absolute Gasteiger partial charge is 0.0843 e. The Balaban J connectivity index is 2.88. The van der Waals surface area contributed by atoms with Crippen molar-refractivity contribution in [1.82, 2.24) is 0 Å². The lowest BCUT2D eigenvalue weighted by molar-refractivity contribution is 1.43. The molecule has 2 radical (unpaired) electrons. The number of hydrogen-bond donors (Lipinski definition) is 0. The van der Waals surface area contributed by atoms with Gasteiger partial charge in [0.15, 0.2) is 0 Å². The van der Waals surface area contributed by atoms with E-state index in [0.29, 0.717) is 0 Å². The summed E-state index contributed by atoms with van der Waals surface area (Å²) in [5, 5.41) is 0.772. The highest BCUT2D eigenvalue weighted by molar-refractivity contribution is 6.30. The molecule has 0 fully saturated rings. The van der Waals surface area contributed by atoms with Crippen LogP contribution in [0, 0.1) is 6.42 Å². The van der Waals surface area contributed by atoms with Gasteiger partial charge >= 0.3 is 0 Å². The number of hydrogen-bond acceptors (Lipinski definition) is 0. The van der Waals surface area contributed by atoms with E-state index in [2.05, 4.69) is 6.42 Å². The molecule has 0 unspecified atom stereocenters. The summed E-state index contributed by atoms with van der Waals surface area (Å²) in [5.41, 5.74) is 1.08. The third-order valence-corrected chi connectivity index (χ3v) is 1.38. The molecule has 0 aromatic heterocycles. The molecule has 1 aromatic carbocycles. The minimum atomic E-state index is 0.772. The lowest BCUT2D eigenvalue weighted by Crippen LogP contribution is -1.73. The van der Waals surface area contributed by atoms with Crippen LogP contribution in [0.5, 0.6) is 0 Å². The van der Waals surface area contributed by atoms with Crippen molar-refractivity contribution in [3.8, 4) is 0 Å². The van der Waals surface area contributed by atoms with Gasteiger partial charge in [-0.05, 0) is 17.7 Å². The summed E-state index contributed by atoms with van der Waals surface area (Å²) < 4.78 is 0. The van der Waals surface area contributed by atoms with Gasteiger partial charge in [0.2, 0.25) is 0 Å². The van der Waals surface area contributed by atoms with Gasteiger partial charge in [0.05, 0.1) is 0 Å². The smallest absolute Gasteiger partial charge is 0.0406 e. The molecule has 0 aliphatic heterocycles. The van der Waals surface area contributed by atoms with Gasteiger partial charge in [-0.25, -0.2) is 0 Å². The van der Waals surface area contributed by atoms with Crippen LogP contribution >= 0.6 is 11.6 Å². The fraction of sp³-hybridized carbons (Fsp3) is 0.125. The lowest BCUT2D eigenvalue weighted by Gasteiger charge is -1.92. The zero-order chi connectivity index (χ0) is 6.69. The molecule has 0 nitrogen and oxygen atoms in total. The highest BCUT2D eigenvalue weighted by Crippen LogP contribution is 2.09. The van der Waals surface area contributed by atoms with E-state index in [4.69, 9.17) is 11.6 Å². The maximum absolute atomic E-state index is 5.64. The second-order valence-corrected chi connectivity index (χ2v) is 2.19. The fourth-order valence-corrected chi connectivity index (χ4v) is 0.743. The minimum absolute atomic E-state index is 0.772. The van der Waals surface area contributed by atoms with Gasteiger partial charge in [-0.15, -0.1) is 0 Å². The van der Waals surface area contributed by atoms with Crippen molar-refractivity contribution in [2.45, 2.75) is 6.92 Å². The third-order valence-electron chi connectivity index (χ3n) is 1.13. The maximum Gasteiger partial charge on any atom is 0.0406 e. The fourth-order valence-electron chi connectivity index (χ4n) is 0.617. The van der Waals surface area contributed by atoms with E-state index in [-0.39, 0.29) is 0 Å². The Morgan fingerprint density at radius 1 is 1.22 bits per heavy atom. The van der Waals surface area contributed by atoms with Gasteiger partial charge in [0.1, 0.15) is 0 Å². The molecule has 9 heavy (non-hydrogen) atoms. The van der Waals surface area contributed by atoms with E-state index in [1.807, 2.05) is 31.2 Å². The highest BCUT2D eigenvalue weighted by atomic mass is 35.5. The molecule has 1 aromatic rings. The zero-order valence-corrected chi connectivity index (χ0v) is 5.94. The first-order valence-corrected chi connectivity index (χ1v) is 3.14. The Morgan fingerprint density at radius 2 is 1.78 bits per heavy atom. The van der Waals surface area contributed by atoms with Crippen LogP contribution in [0.25, 0.3) is 0 Å². The van der Waals surface area contributed by atoms with Crippen LogP contribution in [-0.2, 0) is 0 Å². The summed E-state index contributed by atoms with van der Waals surface area (Å²) in [6.45, 7) is 1.88. The molecule has 0 saturated carbocycles. The predicted octanol–water partition coefficient (Wildman–Crippen LogP) is 2.79. The van der Waals surface area contributed by atoms with E-state index < -0.39 is 0 Å². The van der Waals surface area contributed by atoms with Gasteiger partial charge in [-0.2, -0.15) is 0 Å². The van der Waals surface area contributed by atoms with Crippen LogP contribution in [0.15, 0.2) is 24.3 Å². The normalized spacial score (nSPS) is 9.56. The van der Waals surface area contributed by atoms with Crippen molar-refractivity contribution < 1.29 is 0 Å². The van der Waals surface area contributed by atoms with Crippen molar-refractivity contribution in [2.24, 2.45) is 0 Å². The van der Waals surface area contributed by atoms with Gasteiger partial charge in [-0.3, -0.25) is 0 Å². The topological polar surface area (TPSA) is 0 Å². The summed E-state index contributed by atoms with van der Waals surface area (Å²) in [6, 6.07) is 7.57. The van der Waals surface area contributed by atoms with E-state index in [0.717, 1.165) is 10.6 Å². The Bertz CT molecular complexity index is 176. The average molecular weight is 139 g/mol. The molecule has 0 aliphatic carbocycles. The monoisotopic (exact) mass is 138 g/mol. The van der Waals surface area contributed by atoms with Crippen molar-refractivity contribution in [1.29, 1.82) is 0 Å². The first kappa shape index (κ1) is 6.63. The van der Waals surface area contributed by atoms with Crippen molar-refractivity contribution >= 4 is 11.6 Å². The minimum Gasteiger partial charge on any atom is -0.0843 e. The summed E-state index contributed by atoms with van der Waals surface area (Å²) in [7, 11) is 0. The standard InChI is InChI=1S/C8H7Cl/c1-2-7-3-5-8(9)6-4-7/h3-6H,1H3. The maximum atomic E-state index is 5.64. The molecule has 0 aliphatic rings. The van der Waals surface area contributed by atoms with E-state index in [1.165, 1.54) is 0 Å². The van der Waals surface area contributed by atoms with E-state index in [9.17, 15) is 0 Å². The number of rotatable bonds is 1. The summed E-state index contributed by atoms with van der Waals surface area (Å²) >= 11 is 5.64. The van der Waals surface area contributed by atoms with Gasteiger partial charge in [0, 0.05) is 11.4 Å². The molecule has 0 amide bonds. The predicted molar refractivity (Wildman–Crippen MR) is 39.5 cm³/mol. The SMILES string of the molecule is C[C]c1ccc(Cl)cc1. The lowest BCUT2D eigenvalue weighted by atomic mass is 10.2. The molecule has 46 valence electrons. The molecular weight excluding hydrogens is 132 g/mol. The zero-order valence-electron chi connectivity index (χ0n) is 5.19. The van der Waals surface area contributed by atoms with Crippen molar-refractivity contribution in [3.05, 3.63) is 41.3 Å². The molecule has 0 saturated heterocycles. The van der Waals surface area contributed by atoms with E-state index in [1.54, 1.807) is 0 Å². The van der Waals surface area contributed by atoms with Crippen LogP contribution < -0.4 is 0 Å². The second-order valence-electron chi connectivity index (χ2n) is 1.76. The quantitative estimate of drug-likeness (QED) is 0.560. The third kappa shape index (κ3) is 1.72. The Kier molecular flexibility index (Phi) is 2.12. The molecule has 0 atom stereocenters. The first-order valence-electron chi connectivity index (χ1n) is 2.76. The molecule has 0 spiro atoms. The van der Waals surface area contributed by atoms with Crippen LogP contribution in [0.2, 0.25) is 5.02 Å². The van der Waals surface area contributed by atoms with Crippen LogP contribution in [0.4, 0.5) is 0 Å². The molecule has 1 rings (SSSR count). The molecule has 0 heterocycles. The Morgan fingerprint density at radius 3 is 2.22 bits per heavy atom. The summed E-state index contributed by atoms with van der Waals surface area (Å²) in [4.78, 5) is 0. The highest BCUT2D eigenvalue weighted by Gasteiger charge is 1.87. The number of benzene rings is 1. The van der Waals surface area contributed by atoms with E-state index >= 15 is 0 Å². The van der Waals surface area contributed by atoms with Crippen molar-refractivity contribution in [2.75, 3.05) is 0 Å². The molecular formula is C8H7Cl. The van der Waals surface area contributed by atoms with Gasteiger partial charge in [0.25, 0.3) is 0 Å². The average Bonchev–Trinajstić information content (AvgIpc) is 1.90. The Hall–Kier alpha value is -0.490. The van der Waals surface area contributed by atoms with Crippen LogP contribution in [0.1, 0.15) is 12.5 Å². The van der Waals surface area contributed by atoms with Gasteiger partial charge in [-0.1, -0.05) is 30.7 Å². The van der Waals surface area contributed by atoms with Crippen molar-refractivity contribution in [3.63, 3.8) is 0 Å².